The molecule has 1 saturated heterocycles. The molecule has 0 N–H and O–H groups in total. The van der Waals surface area contributed by atoms with Crippen molar-refractivity contribution in [2.75, 3.05) is 19.6 Å². The lowest BCUT2D eigenvalue weighted by Gasteiger charge is -2.41. The minimum absolute atomic E-state index is 0. The fraction of sp³-hybridized carbons (Fsp3) is 1.00. The largest absolute Gasteiger partial charge is 0.291 e. The summed E-state index contributed by atoms with van der Waals surface area (Å²) >= 11 is 0. The Morgan fingerprint density at radius 3 is 1.92 bits per heavy atom. The van der Waals surface area contributed by atoms with Gasteiger partial charge in [0, 0.05) is 6.54 Å². The number of rotatable bonds is 1. The van der Waals surface area contributed by atoms with Gasteiger partial charge in [-0.1, -0.05) is 28.2 Å². The smallest absolute Gasteiger partial charge is 0.272 e. The number of hydrogen-bond donors (Lipinski definition) is 0. The van der Waals surface area contributed by atoms with Crippen LogP contribution in [0.25, 0.3) is 0 Å². The molecule has 1 aliphatic heterocycles. The number of hydrogen-bond acceptors (Lipinski definition) is 1. The van der Waals surface area contributed by atoms with Crippen LogP contribution in [0.4, 0.5) is 8.78 Å². The Labute approximate surface area is 73.7 Å². The molecule has 74 valence electrons. The molecule has 0 amide bonds. The molecular formula is C9H19F2N. The summed E-state index contributed by atoms with van der Waals surface area (Å²) in [6.45, 7) is 6.84. The highest BCUT2D eigenvalue weighted by atomic mass is 19.3. The van der Waals surface area contributed by atoms with Gasteiger partial charge in [0.25, 0.3) is 5.92 Å². The molecule has 0 aliphatic carbocycles. The van der Waals surface area contributed by atoms with Crippen molar-refractivity contribution < 1.29 is 8.78 Å². The fourth-order valence-electron chi connectivity index (χ4n) is 1.39. The van der Waals surface area contributed by atoms with Crippen LogP contribution in [-0.2, 0) is 0 Å². The van der Waals surface area contributed by atoms with Crippen LogP contribution in [0.2, 0.25) is 0 Å². The Morgan fingerprint density at radius 1 is 1.25 bits per heavy atom. The van der Waals surface area contributed by atoms with E-state index in [2.05, 4.69) is 20.8 Å². The van der Waals surface area contributed by atoms with Crippen LogP contribution in [0.1, 0.15) is 28.2 Å². The molecule has 0 atom stereocenters. The molecular weight excluding hydrogens is 160 g/mol. The van der Waals surface area contributed by atoms with E-state index in [0.29, 0.717) is 0 Å². The summed E-state index contributed by atoms with van der Waals surface area (Å²) in [5.41, 5.74) is 0.135. The minimum atomic E-state index is -2.41. The predicted octanol–water partition coefficient (Wildman–Crippen LogP) is 2.62. The topological polar surface area (TPSA) is 3.24 Å². The van der Waals surface area contributed by atoms with Gasteiger partial charge in [0.15, 0.2) is 0 Å². The third kappa shape index (κ3) is 3.48. The van der Waals surface area contributed by atoms with E-state index in [1.165, 1.54) is 0 Å². The van der Waals surface area contributed by atoms with E-state index in [0.717, 1.165) is 6.54 Å². The van der Waals surface area contributed by atoms with Gasteiger partial charge in [0.05, 0.1) is 13.1 Å². The van der Waals surface area contributed by atoms with Crippen molar-refractivity contribution >= 4 is 0 Å². The van der Waals surface area contributed by atoms with Gasteiger partial charge >= 0.3 is 0 Å². The highest BCUT2D eigenvalue weighted by molar-refractivity contribution is 4.88. The molecule has 1 aliphatic rings. The molecule has 0 aromatic rings. The highest BCUT2D eigenvalue weighted by Gasteiger charge is 2.44. The number of halogens is 2. The van der Waals surface area contributed by atoms with Gasteiger partial charge in [-0.3, -0.25) is 4.90 Å². The lowest BCUT2D eigenvalue weighted by molar-refractivity contribution is -0.138. The van der Waals surface area contributed by atoms with Crippen LogP contribution in [0.3, 0.4) is 0 Å². The molecule has 0 aromatic heterocycles. The molecule has 0 spiro atoms. The Hall–Kier alpha value is -0.180. The first-order valence-electron chi connectivity index (χ1n) is 3.89. The van der Waals surface area contributed by atoms with Crippen LogP contribution in [0.15, 0.2) is 0 Å². The van der Waals surface area contributed by atoms with Crippen LogP contribution in [0, 0.1) is 5.41 Å². The SMILES string of the molecule is C.CC(C)(C)CN1CC(F)(F)C1. The summed E-state index contributed by atoms with van der Waals surface area (Å²) < 4.78 is 24.6. The maximum atomic E-state index is 12.3. The van der Waals surface area contributed by atoms with E-state index in [-0.39, 0.29) is 25.9 Å². The van der Waals surface area contributed by atoms with E-state index < -0.39 is 5.92 Å². The zero-order chi connectivity index (χ0) is 8.70. The fourth-order valence-corrected chi connectivity index (χ4v) is 1.39. The molecule has 1 fully saturated rings. The summed E-state index contributed by atoms with van der Waals surface area (Å²) in [6.07, 6.45) is 0. The normalized spacial score (nSPS) is 22.8. The second-order valence-electron chi connectivity index (χ2n) is 4.56. The zero-order valence-electron chi connectivity index (χ0n) is 7.32. The summed E-state index contributed by atoms with van der Waals surface area (Å²) in [4.78, 5) is 1.79. The van der Waals surface area contributed by atoms with Crippen molar-refractivity contribution in [3.8, 4) is 0 Å². The zero-order valence-corrected chi connectivity index (χ0v) is 7.32. The monoisotopic (exact) mass is 179 g/mol. The van der Waals surface area contributed by atoms with Crippen LogP contribution >= 0.6 is 0 Å². The summed E-state index contributed by atoms with van der Waals surface area (Å²) in [5, 5.41) is 0. The Morgan fingerprint density at radius 2 is 1.67 bits per heavy atom. The summed E-state index contributed by atoms with van der Waals surface area (Å²) in [6, 6.07) is 0. The molecule has 0 radical (unpaired) electrons. The first-order valence-corrected chi connectivity index (χ1v) is 3.89. The second kappa shape index (κ2) is 3.29. The molecule has 0 aromatic carbocycles. The van der Waals surface area contributed by atoms with Crippen LogP contribution < -0.4 is 0 Å². The van der Waals surface area contributed by atoms with E-state index >= 15 is 0 Å². The molecule has 1 nitrogen and oxygen atoms in total. The minimum Gasteiger partial charge on any atom is -0.291 e. The average molecular weight is 179 g/mol. The Kier molecular flexibility index (Phi) is 3.24. The molecule has 3 heteroatoms. The van der Waals surface area contributed by atoms with Gasteiger partial charge in [-0.2, -0.15) is 0 Å². The van der Waals surface area contributed by atoms with Gasteiger partial charge in [0.2, 0.25) is 0 Å². The molecule has 0 unspecified atom stereocenters. The Bertz CT molecular complexity index is 141. The molecule has 12 heavy (non-hydrogen) atoms. The first-order chi connectivity index (χ1) is 4.79. The van der Waals surface area contributed by atoms with E-state index in [1.54, 1.807) is 4.90 Å². The van der Waals surface area contributed by atoms with E-state index in [4.69, 9.17) is 0 Å². The average Bonchev–Trinajstić information content (AvgIpc) is 1.53. The second-order valence-corrected chi connectivity index (χ2v) is 4.56. The predicted molar refractivity (Wildman–Crippen MR) is 47.6 cm³/mol. The summed E-state index contributed by atoms with van der Waals surface area (Å²) in [5.74, 6) is -2.41. The first kappa shape index (κ1) is 11.8. The third-order valence-electron chi connectivity index (χ3n) is 1.61. The molecule has 1 heterocycles. The Balaban J connectivity index is 0.00000121. The van der Waals surface area contributed by atoms with E-state index in [9.17, 15) is 8.78 Å². The number of nitrogens with zero attached hydrogens (tertiary/aromatic N) is 1. The van der Waals surface area contributed by atoms with Gasteiger partial charge in [0.1, 0.15) is 0 Å². The maximum absolute atomic E-state index is 12.3. The van der Waals surface area contributed by atoms with Crippen molar-refractivity contribution in [3.05, 3.63) is 0 Å². The van der Waals surface area contributed by atoms with Crippen molar-refractivity contribution in [1.82, 2.24) is 4.90 Å². The van der Waals surface area contributed by atoms with Gasteiger partial charge in [-0.15, -0.1) is 0 Å². The van der Waals surface area contributed by atoms with Crippen LogP contribution in [0.5, 0.6) is 0 Å². The quantitative estimate of drug-likeness (QED) is 0.598. The van der Waals surface area contributed by atoms with Crippen molar-refractivity contribution in [2.24, 2.45) is 5.41 Å². The molecule has 0 saturated carbocycles. The summed E-state index contributed by atoms with van der Waals surface area (Å²) in [7, 11) is 0. The number of alkyl halides is 2. The van der Waals surface area contributed by atoms with Gasteiger partial charge in [-0.25, -0.2) is 8.78 Å². The number of likely N-dealkylation sites (tertiary alicyclic amines) is 1. The lowest BCUT2D eigenvalue weighted by Crippen LogP contribution is -2.57. The molecule has 1 rings (SSSR count). The maximum Gasteiger partial charge on any atom is 0.272 e. The van der Waals surface area contributed by atoms with Crippen LogP contribution in [-0.4, -0.2) is 30.5 Å². The highest BCUT2D eigenvalue weighted by Crippen LogP contribution is 2.29. The van der Waals surface area contributed by atoms with Crippen molar-refractivity contribution in [1.29, 1.82) is 0 Å². The molecule has 0 bridgehead atoms. The standard InChI is InChI=1S/C8H15F2N.CH4/c1-7(2,3)4-11-5-8(9,10)6-11;/h4-6H2,1-3H3;1H4. The van der Waals surface area contributed by atoms with E-state index in [1.807, 2.05) is 0 Å². The van der Waals surface area contributed by atoms with Gasteiger partial charge in [-0.05, 0) is 5.41 Å². The van der Waals surface area contributed by atoms with Crippen molar-refractivity contribution in [3.63, 3.8) is 0 Å². The third-order valence-corrected chi connectivity index (χ3v) is 1.61. The lowest BCUT2D eigenvalue weighted by atomic mass is 9.94. The van der Waals surface area contributed by atoms with Crippen molar-refractivity contribution in [2.45, 2.75) is 34.1 Å². The van der Waals surface area contributed by atoms with Gasteiger partial charge < -0.3 is 0 Å².